The molecule has 1 amide bonds. The van der Waals surface area contributed by atoms with Crippen LogP contribution in [-0.2, 0) is 0 Å². The Bertz CT molecular complexity index is 1110. The smallest absolute Gasteiger partial charge is 0.253 e. The normalized spacial score (nSPS) is 17.2. The van der Waals surface area contributed by atoms with Crippen LogP contribution in [0.1, 0.15) is 64.8 Å². The van der Waals surface area contributed by atoms with Crippen molar-refractivity contribution >= 4 is 33.5 Å². The maximum atomic E-state index is 15.1. The van der Waals surface area contributed by atoms with E-state index in [9.17, 15) is 4.79 Å². The number of carbonyl (C=O) groups excluding carboxylic acids is 1. The van der Waals surface area contributed by atoms with Crippen LogP contribution in [0.15, 0.2) is 40.5 Å². The minimum atomic E-state index is -0.294. The van der Waals surface area contributed by atoms with Gasteiger partial charge in [0.05, 0.1) is 0 Å². The number of pyridine rings is 1. The fourth-order valence-electron chi connectivity index (χ4n) is 4.46. The highest BCUT2D eigenvalue weighted by Crippen LogP contribution is 2.43. The first kappa shape index (κ1) is 23.8. The van der Waals surface area contributed by atoms with Crippen LogP contribution in [0.25, 0.3) is 11.6 Å². The monoisotopic (exact) mass is 511 g/mol. The van der Waals surface area contributed by atoms with E-state index in [1.54, 1.807) is 20.3 Å². The molecule has 1 aliphatic carbocycles. The molecule has 0 N–H and O–H groups in total. The van der Waals surface area contributed by atoms with Crippen LogP contribution in [0, 0.1) is 12.7 Å². The lowest BCUT2D eigenvalue weighted by Gasteiger charge is -2.27. The van der Waals surface area contributed by atoms with Gasteiger partial charge in [0.1, 0.15) is 5.82 Å². The lowest BCUT2D eigenvalue weighted by molar-refractivity contribution is 0.0826. The second kappa shape index (κ2) is 9.90. The van der Waals surface area contributed by atoms with Gasteiger partial charge < -0.3 is 4.90 Å². The number of carbonyl (C=O) groups is 1. The number of hydrogen-bond donors (Lipinski definition) is 0. The second-order valence-corrected chi connectivity index (χ2v) is 10.2. The summed E-state index contributed by atoms with van der Waals surface area (Å²) in [6.45, 7) is 6.67. The van der Waals surface area contributed by atoms with E-state index in [0.717, 1.165) is 65.8 Å². The molecule has 174 valence electrons. The van der Waals surface area contributed by atoms with Crippen molar-refractivity contribution in [3.05, 3.63) is 74.3 Å². The van der Waals surface area contributed by atoms with Crippen LogP contribution in [0.5, 0.6) is 0 Å². The molecule has 0 unspecified atom stereocenters. The number of halogens is 2. The molecule has 33 heavy (non-hydrogen) atoms. The topological polar surface area (TPSA) is 36.4 Å². The molecular weight excluding hydrogens is 481 g/mol. The molecule has 0 saturated heterocycles. The maximum absolute atomic E-state index is 15.1. The van der Waals surface area contributed by atoms with E-state index in [1.807, 2.05) is 19.1 Å². The van der Waals surface area contributed by atoms with Gasteiger partial charge in [0.2, 0.25) is 0 Å². The molecule has 0 bridgehead atoms. The summed E-state index contributed by atoms with van der Waals surface area (Å²) in [4.78, 5) is 20.9. The third-order valence-electron chi connectivity index (χ3n) is 6.43. The van der Waals surface area contributed by atoms with Crippen LogP contribution in [0.4, 0.5) is 4.39 Å². The third kappa shape index (κ3) is 5.44. The van der Waals surface area contributed by atoms with E-state index in [0.29, 0.717) is 17.0 Å². The quantitative estimate of drug-likeness (QED) is 0.472. The molecule has 6 heteroatoms. The summed E-state index contributed by atoms with van der Waals surface area (Å²) >= 11 is 3.62. The fourth-order valence-corrected chi connectivity index (χ4v) is 4.98. The summed E-state index contributed by atoms with van der Waals surface area (Å²) in [5.41, 5.74) is 6.60. The molecule has 2 aliphatic rings. The second-order valence-electron chi connectivity index (χ2n) is 9.39. The van der Waals surface area contributed by atoms with Crippen LogP contribution in [0.2, 0.25) is 0 Å². The molecule has 1 fully saturated rings. The number of aryl methyl sites for hydroxylation is 1. The van der Waals surface area contributed by atoms with Crippen molar-refractivity contribution in [2.24, 2.45) is 0 Å². The molecule has 1 aromatic carbocycles. The van der Waals surface area contributed by atoms with Gasteiger partial charge in [-0.1, -0.05) is 33.7 Å². The predicted octanol–water partition coefficient (Wildman–Crippen LogP) is 6.06. The number of hydrogen-bond acceptors (Lipinski definition) is 3. The van der Waals surface area contributed by atoms with Gasteiger partial charge in [0.15, 0.2) is 0 Å². The van der Waals surface area contributed by atoms with E-state index in [-0.39, 0.29) is 11.7 Å². The first-order valence-corrected chi connectivity index (χ1v) is 12.3. The number of aromatic nitrogens is 1. The van der Waals surface area contributed by atoms with Gasteiger partial charge in [-0.05, 0) is 68.4 Å². The zero-order chi connectivity index (χ0) is 23.7. The SMILES string of the molecule is C/C(=C\c1c(Br)ccnc1C)CN1CC=C(c2cc(C3CC3)c(C(=O)N(C)C)cc2F)CC1. The highest BCUT2D eigenvalue weighted by Gasteiger charge is 2.30. The number of amides is 1. The molecule has 1 aromatic heterocycles. The summed E-state index contributed by atoms with van der Waals surface area (Å²) in [5, 5.41) is 0. The lowest BCUT2D eigenvalue weighted by Crippen LogP contribution is -2.30. The molecule has 0 atom stereocenters. The van der Waals surface area contributed by atoms with Crippen molar-refractivity contribution in [3.63, 3.8) is 0 Å². The van der Waals surface area contributed by atoms with Crippen LogP contribution in [-0.4, -0.2) is 54.4 Å². The molecule has 2 heterocycles. The Balaban J connectivity index is 1.50. The highest BCUT2D eigenvalue weighted by molar-refractivity contribution is 9.10. The average Bonchev–Trinajstić information content (AvgIpc) is 3.61. The summed E-state index contributed by atoms with van der Waals surface area (Å²) < 4.78 is 16.2. The highest BCUT2D eigenvalue weighted by atomic mass is 79.9. The minimum Gasteiger partial charge on any atom is -0.345 e. The van der Waals surface area contributed by atoms with Crippen molar-refractivity contribution in [2.75, 3.05) is 33.7 Å². The molecule has 4 nitrogen and oxygen atoms in total. The van der Waals surface area contributed by atoms with E-state index in [1.165, 1.54) is 16.5 Å². The van der Waals surface area contributed by atoms with Crippen molar-refractivity contribution < 1.29 is 9.18 Å². The Kier molecular flexibility index (Phi) is 7.15. The number of benzene rings is 1. The zero-order valence-corrected chi connectivity index (χ0v) is 21.4. The number of rotatable bonds is 6. The van der Waals surface area contributed by atoms with Gasteiger partial charge in [0.25, 0.3) is 5.91 Å². The molecule has 4 rings (SSSR count). The van der Waals surface area contributed by atoms with Crippen molar-refractivity contribution in [2.45, 2.75) is 39.0 Å². The van der Waals surface area contributed by atoms with Gasteiger partial charge in [-0.3, -0.25) is 14.7 Å². The third-order valence-corrected chi connectivity index (χ3v) is 7.12. The van der Waals surface area contributed by atoms with Crippen molar-refractivity contribution in [1.82, 2.24) is 14.8 Å². The van der Waals surface area contributed by atoms with Crippen molar-refractivity contribution in [1.29, 1.82) is 0 Å². The Morgan fingerprint density at radius 2 is 2.09 bits per heavy atom. The largest absolute Gasteiger partial charge is 0.345 e. The Morgan fingerprint density at radius 1 is 1.33 bits per heavy atom. The summed E-state index contributed by atoms with van der Waals surface area (Å²) in [5.74, 6) is -0.0341. The standard InChI is InChI=1S/C27H31BrFN3O/c1-17(13-21-18(2)30-10-7-25(21)28)16-32-11-8-20(9-12-32)23-14-22(19-5-6-19)24(15-26(23)29)27(33)31(3)4/h7-8,10,13-15,19H,5-6,9,11-12,16H2,1-4H3/b17-13+. The first-order chi connectivity index (χ1) is 15.7. The molecule has 2 aromatic rings. The molecule has 1 saturated carbocycles. The van der Waals surface area contributed by atoms with Crippen molar-refractivity contribution in [3.8, 4) is 0 Å². The van der Waals surface area contributed by atoms with Crippen LogP contribution >= 0.6 is 15.9 Å². The van der Waals surface area contributed by atoms with Crippen LogP contribution in [0.3, 0.4) is 0 Å². The maximum Gasteiger partial charge on any atom is 0.253 e. The Morgan fingerprint density at radius 3 is 2.70 bits per heavy atom. The summed E-state index contributed by atoms with van der Waals surface area (Å²) in [6, 6.07) is 5.36. The summed E-state index contributed by atoms with van der Waals surface area (Å²) in [7, 11) is 3.43. The van der Waals surface area contributed by atoms with Crippen LogP contribution < -0.4 is 0 Å². The molecule has 0 radical (unpaired) electrons. The van der Waals surface area contributed by atoms with Gasteiger partial charge in [0, 0.05) is 66.8 Å². The first-order valence-electron chi connectivity index (χ1n) is 11.5. The molecule has 0 spiro atoms. The summed E-state index contributed by atoms with van der Waals surface area (Å²) in [6.07, 6.45) is 9.08. The van der Waals surface area contributed by atoms with Gasteiger partial charge in [-0.25, -0.2) is 4.39 Å². The van der Waals surface area contributed by atoms with E-state index in [4.69, 9.17) is 0 Å². The van der Waals surface area contributed by atoms with Gasteiger partial charge in [-0.2, -0.15) is 0 Å². The van der Waals surface area contributed by atoms with E-state index >= 15 is 4.39 Å². The zero-order valence-electron chi connectivity index (χ0n) is 19.8. The average molecular weight is 512 g/mol. The molecule has 1 aliphatic heterocycles. The lowest BCUT2D eigenvalue weighted by atomic mass is 9.92. The fraction of sp³-hybridized carbons (Fsp3) is 0.407. The predicted molar refractivity (Wildman–Crippen MR) is 136 cm³/mol. The van der Waals surface area contributed by atoms with E-state index in [2.05, 4.69) is 44.9 Å². The Labute approximate surface area is 204 Å². The number of nitrogens with zero attached hydrogens (tertiary/aromatic N) is 3. The van der Waals surface area contributed by atoms with Gasteiger partial charge in [-0.15, -0.1) is 0 Å². The van der Waals surface area contributed by atoms with E-state index < -0.39 is 0 Å². The van der Waals surface area contributed by atoms with Gasteiger partial charge >= 0.3 is 0 Å². The molecular formula is C27H31BrFN3O. The Hall–Kier alpha value is -2.31. The minimum absolute atomic E-state index is 0.121.